The smallest absolute Gasteiger partial charge is 0.197 e. The van der Waals surface area contributed by atoms with E-state index in [9.17, 15) is 4.39 Å². The topological polar surface area (TPSA) is 60.8 Å². The standard InChI is InChI=1S/C24H25FN4O/c1-30-21-12-16(8-9-20(21)25)17-13-18(17)19-14-28-24(23-26-10-5-11-27-23)29-22(19)15-6-3-2-4-7-15/h5,8-12,14-15,17-18H,2-4,6-7,13H2,1H3/t17-,18-/m1/s1. The monoisotopic (exact) mass is 404 g/mol. The van der Waals surface area contributed by atoms with Gasteiger partial charge in [0.15, 0.2) is 23.2 Å². The van der Waals surface area contributed by atoms with Gasteiger partial charge in [0, 0.05) is 24.5 Å². The molecule has 2 aliphatic carbocycles. The molecule has 30 heavy (non-hydrogen) atoms. The zero-order chi connectivity index (χ0) is 20.5. The molecule has 154 valence electrons. The molecule has 0 amide bonds. The normalized spacial score (nSPS) is 21.4. The average molecular weight is 404 g/mol. The maximum absolute atomic E-state index is 13.8. The van der Waals surface area contributed by atoms with Gasteiger partial charge >= 0.3 is 0 Å². The summed E-state index contributed by atoms with van der Waals surface area (Å²) in [5.41, 5.74) is 3.51. The molecule has 2 aromatic heterocycles. The summed E-state index contributed by atoms with van der Waals surface area (Å²) in [6.45, 7) is 0. The molecule has 0 N–H and O–H groups in total. The van der Waals surface area contributed by atoms with E-state index in [2.05, 4.69) is 15.0 Å². The molecule has 2 atom stereocenters. The minimum Gasteiger partial charge on any atom is -0.494 e. The van der Waals surface area contributed by atoms with Crippen molar-refractivity contribution in [1.82, 2.24) is 19.9 Å². The van der Waals surface area contributed by atoms with E-state index in [0.29, 0.717) is 35.2 Å². The number of halogens is 1. The van der Waals surface area contributed by atoms with E-state index in [1.165, 1.54) is 50.8 Å². The molecule has 2 saturated carbocycles. The highest BCUT2D eigenvalue weighted by atomic mass is 19.1. The number of aromatic nitrogens is 4. The van der Waals surface area contributed by atoms with Crippen LogP contribution in [0.5, 0.6) is 5.75 Å². The van der Waals surface area contributed by atoms with Gasteiger partial charge in [-0.25, -0.2) is 24.3 Å². The summed E-state index contributed by atoms with van der Waals surface area (Å²) in [7, 11) is 1.51. The summed E-state index contributed by atoms with van der Waals surface area (Å²) in [4.78, 5) is 18.3. The summed E-state index contributed by atoms with van der Waals surface area (Å²) >= 11 is 0. The number of hydrogen-bond acceptors (Lipinski definition) is 5. The maximum atomic E-state index is 13.8. The first-order valence-corrected chi connectivity index (χ1v) is 10.7. The number of nitrogens with zero attached hydrogens (tertiary/aromatic N) is 4. The van der Waals surface area contributed by atoms with Crippen LogP contribution in [0.15, 0.2) is 42.9 Å². The zero-order valence-corrected chi connectivity index (χ0v) is 17.1. The van der Waals surface area contributed by atoms with Crippen molar-refractivity contribution in [3.8, 4) is 17.4 Å². The Kier molecular flexibility index (Phi) is 5.15. The van der Waals surface area contributed by atoms with Crippen molar-refractivity contribution in [1.29, 1.82) is 0 Å². The van der Waals surface area contributed by atoms with Crippen LogP contribution in [0.25, 0.3) is 11.6 Å². The van der Waals surface area contributed by atoms with E-state index in [0.717, 1.165) is 17.7 Å². The molecule has 0 saturated heterocycles. The van der Waals surface area contributed by atoms with E-state index in [1.54, 1.807) is 18.5 Å². The summed E-state index contributed by atoms with van der Waals surface area (Å²) in [6.07, 6.45) is 12.6. The molecule has 3 aromatic rings. The second-order valence-corrected chi connectivity index (χ2v) is 8.28. The van der Waals surface area contributed by atoms with E-state index in [4.69, 9.17) is 9.72 Å². The Morgan fingerprint density at radius 2 is 1.77 bits per heavy atom. The predicted octanol–water partition coefficient (Wildman–Crippen LogP) is 5.40. The summed E-state index contributed by atoms with van der Waals surface area (Å²) in [6, 6.07) is 6.99. The molecular formula is C24H25FN4O. The largest absolute Gasteiger partial charge is 0.494 e. The molecule has 0 radical (unpaired) electrons. The van der Waals surface area contributed by atoms with Gasteiger partial charge in [-0.2, -0.15) is 0 Å². The molecule has 0 aliphatic heterocycles. The van der Waals surface area contributed by atoms with Crippen molar-refractivity contribution in [3.63, 3.8) is 0 Å². The van der Waals surface area contributed by atoms with Gasteiger partial charge < -0.3 is 4.74 Å². The Morgan fingerprint density at radius 1 is 0.967 bits per heavy atom. The van der Waals surface area contributed by atoms with Crippen LogP contribution in [-0.4, -0.2) is 27.0 Å². The Morgan fingerprint density at radius 3 is 2.53 bits per heavy atom. The molecule has 5 rings (SSSR count). The van der Waals surface area contributed by atoms with Crippen LogP contribution in [0, 0.1) is 5.82 Å². The van der Waals surface area contributed by atoms with Crippen LogP contribution in [0.1, 0.15) is 73.1 Å². The van der Waals surface area contributed by atoms with Crippen molar-refractivity contribution >= 4 is 0 Å². The molecule has 2 aliphatic rings. The van der Waals surface area contributed by atoms with E-state index in [-0.39, 0.29) is 5.82 Å². The van der Waals surface area contributed by atoms with Crippen LogP contribution in [-0.2, 0) is 0 Å². The highest BCUT2D eigenvalue weighted by molar-refractivity contribution is 5.47. The maximum Gasteiger partial charge on any atom is 0.197 e. The Bertz CT molecular complexity index is 1040. The zero-order valence-electron chi connectivity index (χ0n) is 17.1. The van der Waals surface area contributed by atoms with Crippen molar-refractivity contribution in [2.75, 3.05) is 7.11 Å². The van der Waals surface area contributed by atoms with E-state index in [1.807, 2.05) is 18.3 Å². The lowest BCUT2D eigenvalue weighted by Crippen LogP contribution is -2.11. The quantitative estimate of drug-likeness (QED) is 0.570. The van der Waals surface area contributed by atoms with Crippen LogP contribution < -0.4 is 4.74 Å². The lowest BCUT2D eigenvalue weighted by molar-refractivity contribution is 0.386. The average Bonchev–Trinajstić information content (AvgIpc) is 3.61. The minimum absolute atomic E-state index is 0.304. The minimum atomic E-state index is -0.322. The fourth-order valence-electron chi connectivity index (χ4n) is 4.73. The highest BCUT2D eigenvalue weighted by Gasteiger charge is 2.42. The van der Waals surface area contributed by atoms with Gasteiger partial charge in [-0.05, 0) is 60.4 Å². The van der Waals surface area contributed by atoms with Gasteiger partial charge in [-0.15, -0.1) is 0 Å². The van der Waals surface area contributed by atoms with Gasteiger partial charge in [0.25, 0.3) is 0 Å². The fraction of sp³-hybridized carbons (Fsp3) is 0.417. The van der Waals surface area contributed by atoms with Gasteiger partial charge in [0.1, 0.15) is 0 Å². The first-order chi connectivity index (χ1) is 14.7. The Balaban J connectivity index is 1.49. The summed E-state index contributed by atoms with van der Waals surface area (Å²) < 4.78 is 19.0. The predicted molar refractivity (Wildman–Crippen MR) is 112 cm³/mol. The number of ether oxygens (including phenoxy) is 1. The fourth-order valence-corrected chi connectivity index (χ4v) is 4.73. The number of benzene rings is 1. The van der Waals surface area contributed by atoms with Crippen LogP contribution in [0.3, 0.4) is 0 Å². The lowest BCUT2D eigenvalue weighted by atomic mass is 9.84. The third-order valence-corrected chi connectivity index (χ3v) is 6.40. The molecule has 0 spiro atoms. The van der Waals surface area contributed by atoms with Gasteiger partial charge in [0.2, 0.25) is 0 Å². The second-order valence-electron chi connectivity index (χ2n) is 8.28. The number of rotatable bonds is 5. The second kappa shape index (κ2) is 8.09. The van der Waals surface area contributed by atoms with Gasteiger partial charge in [0.05, 0.1) is 12.8 Å². The molecular weight excluding hydrogens is 379 g/mol. The SMILES string of the molecule is COc1cc([C@H]2C[C@H]2c2cnc(-c3ncccn3)nc2C2CCCCC2)ccc1F. The van der Waals surface area contributed by atoms with Crippen molar-refractivity contribution in [3.05, 3.63) is 65.5 Å². The highest BCUT2D eigenvalue weighted by Crippen LogP contribution is 2.56. The molecule has 5 nitrogen and oxygen atoms in total. The lowest BCUT2D eigenvalue weighted by Gasteiger charge is -2.23. The van der Waals surface area contributed by atoms with Gasteiger partial charge in [-0.1, -0.05) is 25.3 Å². The third kappa shape index (κ3) is 3.66. The van der Waals surface area contributed by atoms with Crippen LogP contribution in [0.2, 0.25) is 0 Å². The summed E-state index contributed by atoms with van der Waals surface area (Å²) in [5, 5.41) is 0. The van der Waals surface area contributed by atoms with E-state index < -0.39 is 0 Å². The molecule has 2 heterocycles. The first-order valence-electron chi connectivity index (χ1n) is 10.7. The van der Waals surface area contributed by atoms with Crippen molar-refractivity contribution in [2.45, 2.75) is 56.3 Å². The van der Waals surface area contributed by atoms with Gasteiger partial charge in [-0.3, -0.25) is 0 Å². The first kappa shape index (κ1) is 19.1. The number of hydrogen-bond donors (Lipinski definition) is 0. The van der Waals surface area contributed by atoms with E-state index >= 15 is 0 Å². The molecule has 0 bridgehead atoms. The Labute approximate surface area is 175 Å². The van der Waals surface area contributed by atoms with Crippen molar-refractivity contribution < 1.29 is 9.13 Å². The molecule has 6 heteroatoms. The van der Waals surface area contributed by atoms with Crippen LogP contribution in [0.4, 0.5) is 4.39 Å². The molecule has 2 fully saturated rings. The Hall–Kier alpha value is -2.89. The number of methoxy groups -OCH3 is 1. The summed E-state index contributed by atoms with van der Waals surface area (Å²) in [5.74, 6) is 2.32. The molecule has 0 unspecified atom stereocenters. The van der Waals surface area contributed by atoms with Crippen LogP contribution >= 0.6 is 0 Å². The van der Waals surface area contributed by atoms with Crippen molar-refractivity contribution in [2.24, 2.45) is 0 Å². The molecule has 1 aromatic carbocycles. The third-order valence-electron chi connectivity index (χ3n) is 6.40.